The summed E-state index contributed by atoms with van der Waals surface area (Å²) in [6, 6.07) is 9.14. The predicted molar refractivity (Wildman–Crippen MR) is 217 cm³/mol. The van der Waals surface area contributed by atoms with E-state index in [0.29, 0.717) is 45.2 Å². The maximum atomic E-state index is 13.3. The van der Waals surface area contributed by atoms with Gasteiger partial charge in [-0.1, -0.05) is 54.8 Å². The Kier molecular flexibility index (Phi) is 13.3. The van der Waals surface area contributed by atoms with Gasteiger partial charge in [-0.25, -0.2) is 9.97 Å². The summed E-state index contributed by atoms with van der Waals surface area (Å²) in [5, 5.41) is 11.7. The number of nitrogens with two attached hydrogens (primary N) is 2. The maximum absolute atomic E-state index is 13.3. The monoisotopic (exact) mass is 818 g/mol. The summed E-state index contributed by atoms with van der Waals surface area (Å²) >= 11 is 7.88. The number of nitrogen functional groups attached to an aromatic ring is 1. The van der Waals surface area contributed by atoms with Crippen molar-refractivity contribution in [2.24, 2.45) is 5.73 Å². The lowest BCUT2D eigenvalue weighted by Crippen LogP contribution is -2.54. The molecule has 0 saturated carbocycles. The van der Waals surface area contributed by atoms with Crippen molar-refractivity contribution >= 4 is 81.8 Å². The van der Waals surface area contributed by atoms with Gasteiger partial charge in [-0.2, -0.15) is 0 Å². The van der Waals surface area contributed by atoms with Crippen LogP contribution in [0.4, 0.5) is 23.0 Å². The number of carbonyl (C=O) groups is 6. The molecule has 0 bridgehead atoms. The van der Waals surface area contributed by atoms with Gasteiger partial charge in [-0.05, 0) is 63.3 Å². The average Bonchev–Trinajstić information content (AvgIpc) is 3.42. The van der Waals surface area contributed by atoms with Crippen molar-refractivity contribution in [3.63, 3.8) is 0 Å². The molecule has 1 aromatic heterocycles. The first-order chi connectivity index (χ1) is 27.3. The first-order valence-electron chi connectivity index (χ1n) is 19.1. The van der Waals surface area contributed by atoms with Crippen LogP contribution in [0.25, 0.3) is 0 Å². The fourth-order valence-electron chi connectivity index (χ4n) is 6.95. The van der Waals surface area contributed by atoms with Crippen LogP contribution in [-0.2, 0) is 19.2 Å². The zero-order valence-corrected chi connectivity index (χ0v) is 33.3. The number of nitrogens with zero attached hydrogens (tertiary/aromatic N) is 4. The lowest BCUT2D eigenvalue weighted by Gasteiger charge is -2.37. The molecule has 2 fully saturated rings. The van der Waals surface area contributed by atoms with E-state index in [1.807, 2.05) is 6.92 Å². The van der Waals surface area contributed by atoms with Crippen LogP contribution < -0.4 is 37.6 Å². The highest BCUT2D eigenvalue weighted by Gasteiger charge is 2.45. The Morgan fingerprint density at radius 2 is 1.67 bits per heavy atom. The molecule has 18 heteroatoms. The molecular weight excluding hydrogens is 772 g/mol. The molecule has 0 spiro atoms. The van der Waals surface area contributed by atoms with Gasteiger partial charge >= 0.3 is 0 Å². The molecule has 3 aromatic rings. The molecule has 3 aliphatic rings. The van der Waals surface area contributed by atoms with Crippen LogP contribution in [0, 0.1) is 0 Å². The number of rotatable bonds is 16. The van der Waals surface area contributed by atoms with E-state index in [-0.39, 0.29) is 41.7 Å². The molecule has 1 unspecified atom stereocenters. The van der Waals surface area contributed by atoms with Gasteiger partial charge in [0.05, 0.1) is 28.0 Å². The Bertz CT molecular complexity index is 2060. The zero-order valence-electron chi connectivity index (χ0n) is 31.7. The molecule has 2 saturated heterocycles. The normalized spacial score (nSPS) is 17.6. The molecule has 0 aliphatic carbocycles. The number of amides is 6. The molecule has 8 N–H and O–H groups in total. The van der Waals surface area contributed by atoms with E-state index >= 15 is 0 Å². The number of halogens is 1. The van der Waals surface area contributed by atoms with Gasteiger partial charge in [0.15, 0.2) is 5.82 Å². The quantitative estimate of drug-likeness (QED) is 0.0680. The van der Waals surface area contributed by atoms with Crippen LogP contribution in [0.3, 0.4) is 0 Å². The number of hydrogen-bond donors (Lipinski definition) is 6. The number of aromatic nitrogens is 2. The fraction of sp³-hybridized carbons (Fsp3) is 0.436. The van der Waals surface area contributed by atoms with Crippen LogP contribution in [0.15, 0.2) is 52.5 Å². The van der Waals surface area contributed by atoms with E-state index in [2.05, 4.69) is 36.1 Å². The lowest BCUT2D eigenvalue weighted by molar-refractivity contribution is -0.136. The van der Waals surface area contributed by atoms with Gasteiger partial charge in [0.25, 0.3) is 11.8 Å². The van der Waals surface area contributed by atoms with Crippen molar-refractivity contribution in [1.29, 1.82) is 0 Å². The van der Waals surface area contributed by atoms with Gasteiger partial charge in [0.2, 0.25) is 23.6 Å². The molecular formula is C39H47ClN10O6S. The summed E-state index contributed by atoms with van der Waals surface area (Å²) in [6.07, 6.45) is 7.39. The van der Waals surface area contributed by atoms with E-state index in [1.54, 1.807) is 42.6 Å². The van der Waals surface area contributed by atoms with E-state index < -0.39 is 41.5 Å². The molecule has 4 heterocycles. The topological polar surface area (TPSA) is 235 Å². The maximum Gasteiger partial charge on any atom is 0.264 e. The Morgan fingerprint density at radius 1 is 0.965 bits per heavy atom. The van der Waals surface area contributed by atoms with Crippen molar-refractivity contribution in [3.8, 4) is 0 Å². The van der Waals surface area contributed by atoms with Gasteiger partial charge in [0.1, 0.15) is 23.3 Å². The number of nitrogens with one attached hydrogen (secondary N) is 4. The van der Waals surface area contributed by atoms with Gasteiger partial charge in [0, 0.05) is 48.7 Å². The molecule has 3 aliphatic heterocycles. The number of anilines is 4. The van der Waals surface area contributed by atoms with Crippen molar-refractivity contribution in [3.05, 3.63) is 58.7 Å². The third kappa shape index (κ3) is 10.2. The number of imide groups is 2. The van der Waals surface area contributed by atoms with Crippen LogP contribution >= 0.6 is 23.4 Å². The van der Waals surface area contributed by atoms with E-state index in [0.717, 1.165) is 62.9 Å². The van der Waals surface area contributed by atoms with Crippen LogP contribution in [0.2, 0.25) is 5.02 Å². The third-order valence-corrected chi connectivity index (χ3v) is 11.8. The summed E-state index contributed by atoms with van der Waals surface area (Å²) in [4.78, 5) is 88.2. The summed E-state index contributed by atoms with van der Waals surface area (Å²) in [5.41, 5.74) is 13.7. The second-order valence-electron chi connectivity index (χ2n) is 14.7. The number of hydrogen-bond acceptors (Lipinski definition) is 13. The highest BCUT2D eigenvalue weighted by molar-refractivity contribution is 7.99. The number of unbranched alkanes of at least 4 members (excludes halogenated alkanes) is 4. The lowest BCUT2D eigenvalue weighted by atomic mass is 9.91. The molecule has 16 nitrogen and oxygen atoms in total. The van der Waals surface area contributed by atoms with Crippen molar-refractivity contribution in [1.82, 2.24) is 25.5 Å². The molecule has 1 atom stereocenters. The summed E-state index contributed by atoms with van der Waals surface area (Å²) in [6.45, 7) is 4.59. The highest BCUT2D eigenvalue weighted by atomic mass is 35.5. The van der Waals surface area contributed by atoms with Crippen molar-refractivity contribution < 1.29 is 28.8 Å². The molecule has 6 amide bonds. The van der Waals surface area contributed by atoms with Crippen molar-refractivity contribution in [2.45, 2.75) is 92.6 Å². The van der Waals surface area contributed by atoms with Gasteiger partial charge < -0.3 is 32.3 Å². The van der Waals surface area contributed by atoms with Gasteiger partial charge in [-0.15, -0.1) is 0 Å². The Labute approximate surface area is 339 Å². The first-order valence-corrected chi connectivity index (χ1v) is 20.3. The summed E-state index contributed by atoms with van der Waals surface area (Å²) in [5.74, 6) is -2.09. The molecule has 6 rings (SSSR count). The molecule has 2 aromatic carbocycles. The zero-order chi connectivity index (χ0) is 40.7. The van der Waals surface area contributed by atoms with Crippen LogP contribution in [0.5, 0.6) is 0 Å². The second-order valence-corrected chi connectivity index (χ2v) is 16.1. The second kappa shape index (κ2) is 18.3. The smallest absolute Gasteiger partial charge is 0.264 e. The standard InChI is InChI=1S/C39H47ClN10O6S/c1-39(42)15-19-49(20-16-39)28-22-45-36(34(41)47-28)57-27-12-8-11-25(33(27)40)46-31(53)21-30(52)44-18-6-4-2-3-5-17-43-24-10-7-9-23-32(24)38(56)50(37(23)55)26-13-14-29(51)48-35(26)54/h7-12,22,26,43H,2-6,13-21,42H2,1H3,(H2,41,47)(H,44,52)(H,46,53)(H,48,51,54). The van der Waals surface area contributed by atoms with Crippen LogP contribution in [0.1, 0.15) is 91.8 Å². The Balaban J connectivity index is 0.866. The number of fused-ring (bicyclic) bond motifs is 1. The SMILES string of the molecule is CC1(N)CCN(c2cnc(Sc3cccc(NC(=O)CC(=O)NCCCCCCCNc4cccc5c4C(=O)N(C4CCC(=O)NC4=O)C5=O)c3Cl)c(N)n2)CC1. The number of benzene rings is 2. The van der Waals surface area contributed by atoms with E-state index in [1.165, 1.54) is 11.8 Å². The van der Waals surface area contributed by atoms with Gasteiger partial charge in [-0.3, -0.25) is 39.0 Å². The van der Waals surface area contributed by atoms with E-state index in [9.17, 15) is 28.8 Å². The average molecular weight is 819 g/mol. The van der Waals surface area contributed by atoms with Crippen LogP contribution in [-0.4, -0.2) is 88.1 Å². The third-order valence-electron chi connectivity index (χ3n) is 10.2. The first kappa shape index (κ1) is 41.4. The number of carbonyl (C=O) groups excluding carboxylic acids is 6. The molecule has 57 heavy (non-hydrogen) atoms. The molecule has 0 radical (unpaired) electrons. The minimum atomic E-state index is -1.01. The Hall–Kier alpha value is -5.26. The minimum Gasteiger partial charge on any atom is -0.384 e. The Morgan fingerprint density at radius 3 is 2.40 bits per heavy atom. The highest BCUT2D eigenvalue weighted by Crippen LogP contribution is 2.39. The molecule has 302 valence electrons. The van der Waals surface area contributed by atoms with Crippen molar-refractivity contribution in [2.75, 3.05) is 47.4 Å². The minimum absolute atomic E-state index is 0.0602. The fourth-order valence-corrected chi connectivity index (χ4v) is 8.05. The predicted octanol–water partition coefficient (Wildman–Crippen LogP) is 4.09. The summed E-state index contributed by atoms with van der Waals surface area (Å²) in [7, 11) is 0. The number of piperidine rings is 2. The van der Waals surface area contributed by atoms with E-state index in [4.69, 9.17) is 23.1 Å². The summed E-state index contributed by atoms with van der Waals surface area (Å²) < 4.78 is 0. The largest absolute Gasteiger partial charge is 0.384 e.